The first-order valence-corrected chi connectivity index (χ1v) is 7.02. The Labute approximate surface area is 127 Å². The van der Waals surface area contributed by atoms with Gasteiger partial charge < -0.3 is 19.8 Å². The average molecular weight is 306 g/mol. The molecule has 2 heterocycles. The Morgan fingerprint density at radius 2 is 2.19 bits per heavy atom. The standard InChI is InChI=1S/C15H16ClN3O2/c1-3-4-19-9(2)18-13(15(19)17)10-7-11(16)14-12(8-10)20-5-6-21-14/h3,7-8H,1,4-6,17H2,2H3. The van der Waals surface area contributed by atoms with Crippen molar-refractivity contribution in [3.05, 3.63) is 35.6 Å². The smallest absolute Gasteiger partial charge is 0.179 e. The maximum absolute atomic E-state index is 6.26. The van der Waals surface area contributed by atoms with Crippen LogP contribution in [0.4, 0.5) is 5.82 Å². The second-order valence-corrected chi connectivity index (χ2v) is 5.18. The molecule has 0 amide bonds. The summed E-state index contributed by atoms with van der Waals surface area (Å²) in [6.45, 7) is 7.26. The highest BCUT2D eigenvalue weighted by Crippen LogP contribution is 2.41. The Balaban J connectivity index is 2.11. The number of fused-ring (bicyclic) bond motifs is 1. The molecule has 2 N–H and O–H groups in total. The number of allylic oxidation sites excluding steroid dienone is 1. The fourth-order valence-electron chi connectivity index (χ4n) is 2.40. The predicted molar refractivity (Wildman–Crippen MR) is 83.0 cm³/mol. The molecule has 0 unspecified atom stereocenters. The van der Waals surface area contributed by atoms with Crippen molar-refractivity contribution in [2.75, 3.05) is 18.9 Å². The number of imidazole rings is 1. The number of nitrogens with two attached hydrogens (primary N) is 1. The van der Waals surface area contributed by atoms with Gasteiger partial charge in [0.05, 0.1) is 5.02 Å². The van der Waals surface area contributed by atoms with Crippen molar-refractivity contribution < 1.29 is 9.47 Å². The molecule has 0 spiro atoms. The summed E-state index contributed by atoms with van der Waals surface area (Å²) >= 11 is 6.26. The number of hydrogen-bond acceptors (Lipinski definition) is 4. The summed E-state index contributed by atoms with van der Waals surface area (Å²) in [6.07, 6.45) is 1.78. The summed E-state index contributed by atoms with van der Waals surface area (Å²) in [7, 11) is 0. The van der Waals surface area contributed by atoms with Crippen LogP contribution in [0.2, 0.25) is 5.02 Å². The first-order valence-electron chi connectivity index (χ1n) is 6.65. The molecule has 0 bridgehead atoms. The van der Waals surface area contributed by atoms with Crippen molar-refractivity contribution in [3.8, 4) is 22.8 Å². The molecule has 2 aromatic rings. The molecule has 1 aromatic heterocycles. The minimum Gasteiger partial charge on any atom is -0.486 e. The summed E-state index contributed by atoms with van der Waals surface area (Å²) in [4.78, 5) is 4.52. The number of ether oxygens (including phenoxy) is 2. The van der Waals surface area contributed by atoms with E-state index in [4.69, 9.17) is 26.8 Å². The molecule has 1 aliphatic heterocycles. The molecule has 1 aliphatic rings. The highest BCUT2D eigenvalue weighted by Gasteiger charge is 2.20. The van der Waals surface area contributed by atoms with Crippen molar-refractivity contribution in [1.29, 1.82) is 0 Å². The minimum atomic E-state index is 0.498. The molecule has 0 atom stereocenters. The summed E-state index contributed by atoms with van der Waals surface area (Å²) in [6, 6.07) is 3.65. The number of anilines is 1. The normalized spacial score (nSPS) is 13.2. The van der Waals surface area contributed by atoms with E-state index < -0.39 is 0 Å². The molecule has 6 heteroatoms. The van der Waals surface area contributed by atoms with E-state index in [9.17, 15) is 0 Å². The highest BCUT2D eigenvalue weighted by atomic mass is 35.5. The first-order chi connectivity index (χ1) is 10.1. The third kappa shape index (κ3) is 2.34. The van der Waals surface area contributed by atoms with Crippen molar-refractivity contribution in [2.45, 2.75) is 13.5 Å². The fourth-order valence-corrected chi connectivity index (χ4v) is 2.67. The van der Waals surface area contributed by atoms with E-state index in [1.54, 1.807) is 12.1 Å². The average Bonchev–Trinajstić information content (AvgIpc) is 2.76. The third-order valence-electron chi connectivity index (χ3n) is 3.38. The maximum Gasteiger partial charge on any atom is 0.179 e. The van der Waals surface area contributed by atoms with Gasteiger partial charge >= 0.3 is 0 Å². The lowest BCUT2D eigenvalue weighted by atomic mass is 10.1. The Kier molecular flexibility index (Phi) is 3.51. The van der Waals surface area contributed by atoms with Crippen LogP contribution in [-0.4, -0.2) is 22.8 Å². The second kappa shape index (κ2) is 5.33. The molecule has 5 nitrogen and oxygen atoms in total. The lowest BCUT2D eigenvalue weighted by molar-refractivity contribution is 0.172. The van der Waals surface area contributed by atoms with Crippen LogP contribution >= 0.6 is 11.6 Å². The van der Waals surface area contributed by atoms with E-state index in [0.29, 0.717) is 47.8 Å². The van der Waals surface area contributed by atoms with Gasteiger partial charge in [-0.2, -0.15) is 0 Å². The zero-order valence-corrected chi connectivity index (χ0v) is 12.5. The van der Waals surface area contributed by atoms with Crippen molar-refractivity contribution in [1.82, 2.24) is 9.55 Å². The molecule has 110 valence electrons. The van der Waals surface area contributed by atoms with Gasteiger partial charge in [-0.25, -0.2) is 4.98 Å². The molecule has 21 heavy (non-hydrogen) atoms. The van der Waals surface area contributed by atoms with Gasteiger partial charge in [-0.05, 0) is 19.1 Å². The second-order valence-electron chi connectivity index (χ2n) is 4.77. The number of hydrogen-bond donors (Lipinski definition) is 1. The zero-order chi connectivity index (χ0) is 15.0. The van der Waals surface area contributed by atoms with Crippen LogP contribution in [0, 0.1) is 6.92 Å². The number of nitrogens with zero attached hydrogens (tertiary/aromatic N) is 2. The van der Waals surface area contributed by atoms with E-state index in [2.05, 4.69) is 11.6 Å². The van der Waals surface area contributed by atoms with Crippen LogP contribution in [0.5, 0.6) is 11.5 Å². The molecule has 0 saturated heterocycles. The van der Waals surface area contributed by atoms with E-state index >= 15 is 0 Å². The number of halogens is 1. The molecular formula is C15H16ClN3O2. The van der Waals surface area contributed by atoms with Crippen LogP contribution in [0.15, 0.2) is 24.8 Å². The number of rotatable bonds is 3. The number of aromatic nitrogens is 2. The molecule has 0 radical (unpaired) electrons. The van der Waals surface area contributed by atoms with Crippen molar-refractivity contribution >= 4 is 17.4 Å². The van der Waals surface area contributed by atoms with Crippen LogP contribution in [0.25, 0.3) is 11.3 Å². The van der Waals surface area contributed by atoms with Crippen molar-refractivity contribution in [2.24, 2.45) is 0 Å². The van der Waals surface area contributed by atoms with Gasteiger partial charge in [-0.15, -0.1) is 6.58 Å². The Morgan fingerprint density at radius 1 is 1.43 bits per heavy atom. The van der Waals surface area contributed by atoms with E-state index in [1.165, 1.54) is 0 Å². The lowest BCUT2D eigenvalue weighted by Gasteiger charge is -2.20. The van der Waals surface area contributed by atoms with Crippen LogP contribution in [0.3, 0.4) is 0 Å². The summed E-state index contributed by atoms with van der Waals surface area (Å²) in [5.41, 5.74) is 7.69. The Hall–Kier alpha value is -2.14. The molecular weight excluding hydrogens is 290 g/mol. The predicted octanol–water partition coefficient (Wildman–Crippen LogP) is 3.05. The van der Waals surface area contributed by atoms with Gasteiger partial charge in [-0.1, -0.05) is 17.7 Å². The minimum absolute atomic E-state index is 0.498. The van der Waals surface area contributed by atoms with Crippen LogP contribution in [0.1, 0.15) is 5.82 Å². The largest absolute Gasteiger partial charge is 0.486 e. The van der Waals surface area contributed by atoms with Gasteiger partial charge in [0, 0.05) is 12.1 Å². The Morgan fingerprint density at radius 3 is 2.95 bits per heavy atom. The molecule has 0 saturated carbocycles. The van der Waals surface area contributed by atoms with Gasteiger partial charge in [0.1, 0.15) is 30.5 Å². The number of benzene rings is 1. The van der Waals surface area contributed by atoms with Gasteiger partial charge in [0.2, 0.25) is 0 Å². The molecule has 0 aliphatic carbocycles. The number of aryl methyl sites for hydroxylation is 1. The summed E-state index contributed by atoms with van der Waals surface area (Å²) in [5.74, 6) is 2.61. The van der Waals surface area contributed by atoms with Crippen LogP contribution in [-0.2, 0) is 6.54 Å². The van der Waals surface area contributed by atoms with E-state index in [0.717, 1.165) is 11.4 Å². The molecule has 1 aromatic carbocycles. The SMILES string of the molecule is C=CCn1c(C)nc(-c2cc(Cl)c3c(c2)OCCO3)c1N. The van der Waals surface area contributed by atoms with Gasteiger partial charge in [0.15, 0.2) is 11.5 Å². The van der Waals surface area contributed by atoms with E-state index in [1.807, 2.05) is 17.6 Å². The number of nitrogen functional groups attached to an aromatic ring is 1. The highest BCUT2D eigenvalue weighted by molar-refractivity contribution is 6.32. The quantitative estimate of drug-likeness (QED) is 0.885. The zero-order valence-electron chi connectivity index (χ0n) is 11.7. The molecule has 3 rings (SSSR count). The van der Waals surface area contributed by atoms with Crippen LogP contribution < -0.4 is 15.2 Å². The maximum atomic E-state index is 6.26. The summed E-state index contributed by atoms with van der Waals surface area (Å²) < 4.78 is 13.0. The van der Waals surface area contributed by atoms with Gasteiger partial charge in [0.25, 0.3) is 0 Å². The topological polar surface area (TPSA) is 62.3 Å². The van der Waals surface area contributed by atoms with Crippen molar-refractivity contribution in [3.63, 3.8) is 0 Å². The van der Waals surface area contributed by atoms with E-state index in [-0.39, 0.29) is 0 Å². The molecule has 0 fully saturated rings. The Bertz CT molecular complexity index is 709. The first kappa shape index (κ1) is 13.8. The lowest BCUT2D eigenvalue weighted by Crippen LogP contribution is -2.15. The fraction of sp³-hybridized carbons (Fsp3) is 0.267. The van der Waals surface area contributed by atoms with Gasteiger partial charge in [-0.3, -0.25) is 0 Å². The summed E-state index contributed by atoms with van der Waals surface area (Å²) in [5, 5.41) is 0.498. The monoisotopic (exact) mass is 305 g/mol. The third-order valence-corrected chi connectivity index (χ3v) is 3.66.